The van der Waals surface area contributed by atoms with Gasteiger partial charge in [0.2, 0.25) is 5.91 Å². The fourth-order valence-corrected chi connectivity index (χ4v) is 0.687. The Hall–Kier alpha value is -0.530. The molecule has 0 bridgehead atoms. The van der Waals surface area contributed by atoms with Gasteiger partial charge in [-0.2, -0.15) is 0 Å². The number of hydrogen-bond acceptors (Lipinski definition) is 1. The molecular formula is C6H10NO. The maximum absolute atomic E-state index is 10.8. The van der Waals surface area contributed by atoms with E-state index in [4.69, 9.17) is 0 Å². The van der Waals surface area contributed by atoms with E-state index in [1.54, 1.807) is 0 Å². The van der Waals surface area contributed by atoms with Crippen LogP contribution in [0.15, 0.2) is 0 Å². The molecule has 0 aliphatic carbocycles. The normalized spacial score (nSPS) is 25.5. The molecule has 1 rings (SSSR count). The van der Waals surface area contributed by atoms with Crippen LogP contribution in [0.3, 0.4) is 0 Å². The lowest BCUT2D eigenvalue weighted by molar-refractivity contribution is -0.125. The molecular weight excluding hydrogens is 102 g/mol. The first kappa shape index (κ1) is 5.60. The van der Waals surface area contributed by atoms with Gasteiger partial charge in [0, 0.05) is 5.41 Å². The number of hydrogen-bond donors (Lipinski definition) is 1. The second-order valence-corrected chi connectivity index (χ2v) is 2.77. The molecule has 45 valence electrons. The Labute approximate surface area is 49.3 Å². The maximum Gasteiger partial charge on any atom is 0.226 e. The van der Waals surface area contributed by atoms with Crippen LogP contribution in [0, 0.1) is 12.0 Å². The third kappa shape index (κ3) is 0.703. The highest BCUT2D eigenvalue weighted by Gasteiger charge is 2.32. The zero-order valence-electron chi connectivity index (χ0n) is 5.19. The van der Waals surface area contributed by atoms with Gasteiger partial charge in [-0.25, -0.2) is 0 Å². The minimum Gasteiger partial charge on any atom is -0.351 e. The van der Waals surface area contributed by atoms with Crippen LogP contribution in [0.25, 0.3) is 0 Å². The van der Waals surface area contributed by atoms with Crippen molar-refractivity contribution in [1.29, 1.82) is 0 Å². The number of rotatable bonds is 0. The summed E-state index contributed by atoms with van der Waals surface area (Å²) in [4.78, 5) is 10.8. The molecule has 0 aromatic carbocycles. The highest BCUT2D eigenvalue weighted by Crippen LogP contribution is 2.25. The van der Waals surface area contributed by atoms with Gasteiger partial charge in [0.1, 0.15) is 0 Å². The van der Waals surface area contributed by atoms with E-state index in [9.17, 15) is 4.79 Å². The van der Waals surface area contributed by atoms with Gasteiger partial charge in [0.05, 0.1) is 6.54 Å². The predicted octanol–water partition coefficient (Wildman–Crippen LogP) is 0.694. The Balaban J connectivity index is 2.68. The Morgan fingerprint density at radius 3 is 2.50 bits per heavy atom. The minimum absolute atomic E-state index is 0.137. The van der Waals surface area contributed by atoms with Gasteiger partial charge in [-0.05, 0) is 6.42 Å². The van der Waals surface area contributed by atoms with Crippen LogP contribution in [0.1, 0.15) is 20.3 Å². The minimum atomic E-state index is -0.153. The Kier molecular flexibility index (Phi) is 1.03. The Bertz CT molecular complexity index is 118. The van der Waals surface area contributed by atoms with Gasteiger partial charge in [0.15, 0.2) is 0 Å². The van der Waals surface area contributed by atoms with Gasteiger partial charge in [0.25, 0.3) is 0 Å². The van der Waals surface area contributed by atoms with Crippen LogP contribution in [0.4, 0.5) is 0 Å². The van der Waals surface area contributed by atoms with E-state index in [0.717, 1.165) is 6.42 Å². The van der Waals surface area contributed by atoms with E-state index in [0.29, 0.717) is 0 Å². The summed E-state index contributed by atoms with van der Waals surface area (Å²) in [5.41, 5.74) is -0.153. The molecule has 1 amide bonds. The first-order chi connectivity index (χ1) is 3.63. The second kappa shape index (κ2) is 1.47. The van der Waals surface area contributed by atoms with Crippen LogP contribution in [0.2, 0.25) is 0 Å². The zero-order chi connectivity index (χ0) is 6.20. The molecule has 1 N–H and O–H groups in total. The molecule has 1 fully saturated rings. The summed E-state index contributed by atoms with van der Waals surface area (Å²) >= 11 is 0. The predicted molar refractivity (Wildman–Crippen MR) is 30.8 cm³/mol. The molecule has 1 saturated heterocycles. The van der Waals surface area contributed by atoms with Crippen molar-refractivity contribution in [2.45, 2.75) is 20.3 Å². The van der Waals surface area contributed by atoms with Crippen molar-refractivity contribution in [3.63, 3.8) is 0 Å². The standard InChI is InChI=1S/C6H10NO/c1-6(2)3-4-7-5(6)8/h4H,3H2,1-2H3,(H,7,8). The summed E-state index contributed by atoms with van der Waals surface area (Å²) < 4.78 is 0. The lowest BCUT2D eigenvalue weighted by atomic mass is 9.92. The van der Waals surface area contributed by atoms with Crippen molar-refractivity contribution >= 4 is 5.91 Å². The molecule has 1 aliphatic heterocycles. The van der Waals surface area contributed by atoms with Crippen LogP contribution in [-0.4, -0.2) is 5.91 Å². The highest BCUT2D eigenvalue weighted by molar-refractivity contribution is 5.84. The lowest BCUT2D eigenvalue weighted by Gasteiger charge is -2.10. The summed E-state index contributed by atoms with van der Waals surface area (Å²) in [6, 6.07) is 0. The van der Waals surface area contributed by atoms with Gasteiger partial charge < -0.3 is 5.32 Å². The van der Waals surface area contributed by atoms with Crippen LogP contribution in [-0.2, 0) is 4.79 Å². The van der Waals surface area contributed by atoms with E-state index in [-0.39, 0.29) is 11.3 Å². The molecule has 1 aliphatic rings. The van der Waals surface area contributed by atoms with Crippen LogP contribution < -0.4 is 5.32 Å². The fraction of sp³-hybridized carbons (Fsp3) is 0.667. The first-order valence-electron chi connectivity index (χ1n) is 2.75. The zero-order valence-corrected chi connectivity index (χ0v) is 5.19. The number of amides is 1. The molecule has 0 spiro atoms. The lowest BCUT2D eigenvalue weighted by Crippen LogP contribution is -2.24. The monoisotopic (exact) mass is 112 g/mol. The van der Waals surface area contributed by atoms with E-state index in [1.165, 1.54) is 0 Å². The highest BCUT2D eigenvalue weighted by atomic mass is 16.2. The summed E-state index contributed by atoms with van der Waals surface area (Å²) in [6.07, 6.45) is 0.853. The molecule has 2 heteroatoms. The Morgan fingerprint density at radius 2 is 2.38 bits per heavy atom. The molecule has 0 atom stereocenters. The Morgan fingerprint density at radius 1 is 1.75 bits per heavy atom. The smallest absolute Gasteiger partial charge is 0.226 e. The molecule has 0 aromatic rings. The fourth-order valence-electron chi connectivity index (χ4n) is 0.687. The average Bonchev–Trinajstić information content (AvgIpc) is 1.86. The van der Waals surface area contributed by atoms with Crippen molar-refractivity contribution in [1.82, 2.24) is 5.32 Å². The van der Waals surface area contributed by atoms with Gasteiger partial charge in [-0.1, -0.05) is 13.8 Å². The quantitative estimate of drug-likeness (QED) is 0.491. The largest absolute Gasteiger partial charge is 0.351 e. The van der Waals surface area contributed by atoms with Crippen molar-refractivity contribution in [3.05, 3.63) is 6.54 Å². The van der Waals surface area contributed by atoms with E-state index in [2.05, 4.69) is 5.32 Å². The van der Waals surface area contributed by atoms with Gasteiger partial charge in [-0.3, -0.25) is 4.79 Å². The van der Waals surface area contributed by atoms with Crippen molar-refractivity contribution in [2.75, 3.05) is 0 Å². The molecule has 1 radical (unpaired) electrons. The van der Waals surface area contributed by atoms with Crippen LogP contribution >= 0.6 is 0 Å². The van der Waals surface area contributed by atoms with E-state index in [1.807, 2.05) is 20.4 Å². The number of carbonyl (C=O) groups excluding carboxylic acids is 1. The van der Waals surface area contributed by atoms with Crippen molar-refractivity contribution in [2.24, 2.45) is 5.41 Å². The van der Waals surface area contributed by atoms with Gasteiger partial charge in [-0.15, -0.1) is 0 Å². The summed E-state index contributed by atoms with van der Waals surface area (Å²) in [6.45, 7) is 5.68. The van der Waals surface area contributed by atoms with Crippen molar-refractivity contribution < 1.29 is 4.79 Å². The molecule has 0 unspecified atom stereocenters. The summed E-state index contributed by atoms with van der Waals surface area (Å²) in [5, 5.41) is 2.65. The van der Waals surface area contributed by atoms with Crippen molar-refractivity contribution in [3.8, 4) is 0 Å². The molecule has 2 nitrogen and oxygen atoms in total. The van der Waals surface area contributed by atoms with Crippen LogP contribution in [0.5, 0.6) is 0 Å². The molecule has 1 heterocycles. The molecule has 8 heavy (non-hydrogen) atoms. The summed E-state index contributed by atoms with van der Waals surface area (Å²) in [7, 11) is 0. The van der Waals surface area contributed by atoms with Gasteiger partial charge >= 0.3 is 0 Å². The SMILES string of the molecule is CC1(C)C[CH]NC1=O. The summed E-state index contributed by atoms with van der Waals surface area (Å²) in [5.74, 6) is 0.137. The van der Waals surface area contributed by atoms with E-state index < -0.39 is 0 Å². The third-order valence-electron chi connectivity index (χ3n) is 1.46. The molecule has 0 aromatic heterocycles. The maximum atomic E-state index is 10.8. The second-order valence-electron chi connectivity index (χ2n) is 2.77. The third-order valence-corrected chi connectivity index (χ3v) is 1.46. The average molecular weight is 112 g/mol. The number of carbonyl (C=O) groups is 1. The van der Waals surface area contributed by atoms with E-state index >= 15 is 0 Å². The molecule has 0 saturated carbocycles. The first-order valence-corrected chi connectivity index (χ1v) is 2.75. The topological polar surface area (TPSA) is 29.1 Å². The number of nitrogens with one attached hydrogen (secondary N) is 1.